The Balaban J connectivity index is 2.01. The number of hydrogen-bond donors (Lipinski definition) is 1. The fourth-order valence-electron chi connectivity index (χ4n) is 3.27. The molecule has 0 bridgehead atoms. The lowest BCUT2D eigenvalue weighted by Gasteiger charge is -2.15. The van der Waals surface area contributed by atoms with Crippen molar-refractivity contribution in [1.82, 2.24) is 5.32 Å². The van der Waals surface area contributed by atoms with Crippen molar-refractivity contribution in [3.8, 4) is 22.6 Å². The Kier molecular flexibility index (Phi) is 4.24. The zero-order valence-electron chi connectivity index (χ0n) is 13.7. The number of hydrogen-bond acceptors (Lipinski definition) is 3. The molecule has 1 amide bonds. The fourth-order valence-corrected chi connectivity index (χ4v) is 3.27. The lowest BCUT2D eigenvalue weighted by atomic mass is 9.93. The number of benzene rings is 2. The van der Waals surface area contributed by atoms with Crippen molar-refractivity contribution in [2.75, 3.05) is 20.8 Å². The molecule has 2 aromatic carbocycles. The van der Waals surface area contributed by atoms with Gasteiger partial charge in [-0.3, -0.25) is 4.79 Å². The van der Waals surface area contributed by atoms with Crippen LogP contribution in [0.15, 0.2) is 36.4 Å². The molecule has 1 aliphatic rings. The lowest BCUT2D eigenvalue weighted by molar-refractivity contribution is -0.118. The highest BCUT2D eigenvalue weighted by Gasteiger charge is 2.29. The molecule has 120 valence electrons. The first-order valence-corrected chi connectivity index (χ1v) is 7.74. The summed E-state index contributed by atoms with van der Waals surface area (Å²) in [5.41, 5.74) is 4.96. The number of carbonyl (C=O) groups excluding carboxylic acids is 1. The summed E-state index contributed by atoms with van der Waals surface area (Å²) in [5, 5.41) is 2.89. The van der Waals surface area contributed by atoms with Crippen molar-refractivity contribution in [2.24, 2.45) is 0 Å². The average molecular weight is 311 g/mol. The summed E-state index contributed by atoms with van der Waals surface area (Å²) in [6.45, 7) is 2.19. The monoisotopic (exact) mass is 311 g/mol. The molecule has 0 heterocycles. The van der Waals surface area contributed by atoms with Crippen LogP contribution in [-0.2, 0) is 4.79 Å². The Morgan fingerprint density at radius 3 is 1.96 bits per heavy atom. The number of amides is 1. The molecule has 0 spiro atoms. The van der Waals surface area contributed by atoms with Crippen LogP contribution in [0.5, 0.6) is 11.5 Å². The number of ether oxygens (including phenoxy) is 2. The summed E-state index contributed by atoms with van der Waals surface area (Å²) in [7, 11) is 3.36. The van der Waals surface area contributed by atoms with E-state index < -0.39 is 0 Å². The van der Waals surface area contributed by atoms with E-state index >= 15 is 0 Å². The molecule has 0 fully saturated rings. The summed E-state index contributed by atoms with van der Waals surface area (Å²) in [6, 6.07) is 12.4. The van der Waals surface area contributed by atoms with E-state index in [0.717, 1.165) is 17.9 Å². The molecule has 0 aliphatic heterocycles. The zero-order chi connectivity index (χ0) is 16.4. The number of carbonyl (C=O) groups is 1. The van der Waals surface area contributed by atoms with Crippen LogP contribution < -0.4 is 14.8 Å². The van der Waals surface area contributed by atoms with Crippen molar-refractivity contribution in [2.45, 2.75) is 19.3 Å². The average Bonchev–Trinajstić information content (AvgIpc) is 2.87. The first kappa shape index (κ1) is 15.4. The van der Waals surface area contributed by atoms with Crippen molar-refractivity contribution in [1.29, 1.82) is 0 Å². The maximum Gasteiger partial charge on any atom is 0.216 e. The fraction of sp³-hybridized carbons (Fsp3) is 0.316. The Labute approximate surface area is 136 Å². The maximum atomic E-state index is 11.2. The van der Waals surface area contributed by atoms with Gasteiger partial charge in [0.2, 0.25) is 5.91 Å². The molecule has 4 nitrogen and oxygen atoms in total. The molecule has 23 heavy (non-hydrogen) atoms. The molecular formula is C19H21NO3. The van der Waals surface area contributed by atoms with E-state index in [9.17, 15) is 4.79 Å². The topological polar surface area (TPSA) is 47.6 Å². The Morgan fingerprint density at radius 1 is 1.00 bits per heavy atom. The van der Waals surface area contributed by atoms with Crippen LogP contribution in [0.3, 0.4) is 0 Å². The van der Waals surface area contributed by atoms with E-state index in [2.05, 4.69) is 29.6 Å². The maximum absolute atomic E-state index is 11.2. The van der Waals surface area contributed by atoms with E-state index in [1.54, 1.807) is 21.1 Å². The second kappa shape index (κ2) is 6.32. The first-order valence-electron chi connectivity index (χ1n) is 7.74. The van der Waals surface area contributed by atoms with Gasteiger partial charge in [0.05, 0.1) is 14.2 Å². The molecule has 0 aromatic heterocycles. The van der Waals surface area contributed by atoms with Gasteiger partial charge in [0.25, 0.3) is 0 Å². The highest BCUT2D eigenvalue weighted by molar-refractivity contribution is 5.80. The first-order chi connectivity index (χ1) is 11.1. The van der Waals surface area contributed by atoms with Gasteiger partial charge in [-0.1, -0.05) is 12.1 Å². The minimum Gasteiger partial charge on any atom is -0.497 e. The van der Waals surface area contributed by atoms with Gasteiger partial charge in [0.15, 0.2) is 0 Å². The molecule has 0 radical (unpaired) electrons. The van der Waals surface area contributed by atoms with Crippen LogP contribution in [0.2, 0.25) is 0 Å². The van der Waals surface area contributed by atoms with Gasteiger partial charge in [0, 0.05) is 19.4 Å². The summed E-state index contributed by atoms with van der Waals surface area (Å²) in [6.07, 6.45) is 0.847. The van der Waals surface area contributed by atoms with Gasteiger partial charge in [-0.05, 0) is 52.9 Å². The van der Waals surface area contributed by atoms with Crippen molar-refractivity contribution < 1.29 is 14.3 Å². The molecule has 0 saturated heterocycles. The minimum absolute atomic E-state index is 0.000252. The molecule has 0 atom stereocenters. The molecule has 3 rings (SSSR count). The number of methoxy groups -OCH3 is 2. The summed E-state index contributed by atoms with van der Waals surface area (Å²) < 4.78 is 10.8. The predicted molar refractivity (Wildman–Crippen MR) is 90.1 cm³/mol. The van der Waals surface area contributed by atoms with Gasteiger partial charge in [-0.15, -0.1) is 0 Å². The van der Waals surface area contributed by atoms with Gasteiger partial charge in [0.1, 0.15) is 11.5 Å². The Morgan fingerprint density at radius 2 is 1.52 bits per heavy atom. The van der Waals surface area contributed by atoms with Crippen LogP contribution >= 0.6 is 0 Å². The standard InChI is InChI=1S/C19H21NO3/c1-12(21)20-9-8-17-18-10-13(22-2)4-6-15(18)16-7-5-14(23-3)11-19(16)17/h4-7,10-11,17H,8-9H2,1-3H3,(H,20,21). The number of fused-ring (bicyclic) bond motifs is 3. The van der Waals surface area contributed by atoms with Crippen LogP contribution in [0, 0.1) is 0 Å². The summed E-state index contributed by atoms with van der Waals surface area (Å²) in [4.78, 5) is 11.2. The molecule has 1 N–H and O–H groups in total. The highest BCUT2D eigenvalue weighted by Crippen LogP contribution is 2.48. The van der Waals surface area contributed by atoms with E-state index in [1.165, 1.54) is 22.3 Å². The quantitative estimate of drug-likeness (QED) is 0.921. The third-order valence-corrected chi connectivity index (χ3v) is 4.37. The molecule has 2 aromatic rings. The van der Waals surface area contributed by atoms with Crippen molar-refractivity contribution in [3.05, 3.63) is 47.5 Å². The second-order valence-electron chi connectivity index (χ2n) is 5.73. The zero-order valence-corrected chi connectivity index (χ0v) is 13.7. The minimum atomic E-state index is -0.000252. The van der Waals surface area contributed by atoms with Gasteiger partial charge >= 0.3 is 0 Å². The smallest absolute Gasteiger partial charge is 0.216 e. The molecule has 4 heteroatoms. The summed E-state index contributed by atoms with van der Waals surface area (Å²) >= 11 is 0. The normalized spacial score (nSPS) is 12.5. The van der Waals surface area contributed by atoms with E-state index in [0.29, 0.717) is 6.54 Å². The van der Waals surface area contributed by atoms with Crippen molar-refractivity contribution in [3.63, 3.8) is 0 Å². The van der Waals surface area contributed by atoms with Gasteiger partial charge in [-0.25, -0.2) is 0 Å². The third-order valence-electron chi connectivity index (χ3n) is 4.37. The van der Waals surface area contributed by atoms with Crippen LogP contribution in [0.25, 0.3) is 11.1 Å². The Hall–Kier alpha value is -2.49. The molecule has 1 aliphatic carbocycles. The largest absolute Gasteiger partial charge is 0.497 e. The van der Waals surface area contributed by atoms with Crippen LogP contribution in [0.1, 0.15) is 30.4 Å². The van der Waals surface area contributed by atoms with Crippen LogP contribution in [0.4, 0.5) is 0 Å². The molecule has 0 unspecified atom stereocenters. The summed E-state index contributed by atoms with van der Waals surface area (Å²) in [5.74, 6) is 1.94. The van der Waals surface area contributed by atoms with E-state index in [1.807, 2.05) is 12.1 Å². The number of rotatable bonds is 5. The second-order valence-corrected chi connectivity index (χ2v) is 5.73. The molecular weight excluding hydrogens is 290 g/mol. The van der Waals surface area contributed by atoms with Gasteiger partial charge in [-0.2, -0.15) is 0 Å². The third kappa shape index (κ3) is 2.89. The SMILES string of the molecule is COc1ccc2c(c1)C(CCNC(C)=O)c1cc(OC)ccc1-2. The van der Waals surface area contributed by atoms with Crippen molar-refractivity contribution >= 4 is 5.91 Å². The predicted octanol–water partition coefficient (Wildman–Crippen LogP) is 3.34. The lowest BCUT2D eigenvalue weighted by Crippen LogP contribution is -2.22. The van der Waals surface area contributed by atoms with Crippen LogP contribution in [-0.4, -0.2) is 26.7 Å². The number of nitrogens with one attached hydrogen (secondary N) is 1. The van der Waals surface area contributed by atoms with E-state index in [-0.39, 0.29) is 11.8 Å². The van der Waals surface area contributed by atoms with Gasteiger partial charge < -0.3 is 14.8 Å². The molecule has 0 saturated carbocycles. The van der Waals surface area contributed by atoms with E-state index in [4.69, 9.17) is 9.47 Å². The highest BCUT2D eigenvalue weighted by atomic mass is 16.5. The Bertz CT molecular complexity index is 686.